The van der Waals surface area contributed by atoms with Gasteiger partial charge in [-0.2, -0.15) is 5.10 Å². The summed E-state index contributed by atoms with van der Waals surface area (Å²) in [4.78, 5) is 11.5. The van der Waals surface area contributed by atoms with Crippen LogP contribution in [-0.2, 0) is 6.54 Å². The highest BCUT2D eigenvalue weighted by Crippen LogP contribution is 2.11. The zero-order valence-electron chi connectivity index (χ0n) is 11.2. The number of benzene rings is 1. The Balaban J connectivity index is 1.84. The monoisotopic (exact) mass is 265 g/mol. The van der Waals surface area contributed by atoms with Crippen LogP contribution >= 0.6 is 0 Å². The van der Waals surface area contributed by atoms with Gasteiger partial charge in [0.2, 0.25) is 0 Å². The summed E-state index contributed by atoms with van der Waals surface area (Å²) in [7, 11) is 0. The molecule has 0 bridgehead atoms. The number of hydrogen-bond acceptors (Lipinski definition) is 2. The van der Waals surface area contributed by atoms with Crippen LogP contribution in [0.1, 0.15) is 23.0 Å². The van der Waals surface area contributed by atoms with Gasteiger partial charge < -0.3 is 4.57 Å². The summed E-state index contributed by atoms with van der Waals surface area (Å²) in [5.74, 6) is 0.0745. The van der Waals surface area contributed by atoms with Crippen LogP contribution < -0.4 is 0 Å². The van der Waals surface area contributed by atoms with Crippen molar-refractivity contribution in [3.8, 4) is 5.69 Å². The molecule has 0 radical (unpaired) electrons. The van der Waals surface area contributed by atoms with E-state index < -0.39 is 0 Å². The third-order valence-corrected chi connectivity index (χ3v) is 3.20. The fourth-order valence-electron chi connectivity index (χ4n) is 2.23. The summed E-state index contributed by atoms with van der Waals surface area (Å²) in [6, 6.07) is 13.7. The average molecular weight is 265 g/mol. The van der Waals surface area contributed by atoms with Crippen LogP contribution in [0.2, 0.25) is 0 Å². The first kappa shape index (κ1) is 12.4. The van der Waals surface area contributed by atoms with Gasteiger partial charge in [-0.3, -0.25) is 4.79 Å². The van der Waals surface area contributed by atoms with E-state index in [9.17, 15) is 4.79 Å². The Morgan fingerprint density at radius 3 is 2.70 bits per heavy atom. The standard InChI is InChI=1S/C16H15N3O/c1-13(20)16-8-5-9-18(16)11-14-10-17-19(12-14)15-6-3-2-4-7-15/h2-10,12H,11H2,1H3. The SMILES string of the molecule is CC(=O)c1cccn1Cc1cnn(-c2ccccc2)c1. The average Bonchev–Trinajstić information content (AvgIpc) is 3.09. The molecule has 0 amide bonds. The van der Waals surface area contributed by atoms with Crippen molar-refractivity contribution in [1.82, 2.24) is 14.3 Å². The lowest BCUT2D eigenvalue weighted by atomic mass is 10.3. The van der Waals surface area contributed by atoms with Crippen LogP contribution in [0.3, 0.4) is 0 Å². The van der Waals surface area contributed by atoms with Crippen LogP contribution in [0.5, 0.6) is 0 Å². The van der Waals surface area contributed by atoms with E-state index in [4.69, 9.17) is 0 Å². The van der Waals surface area contributed by atoms with Gasteiger partial charge in [-0.05, 0) is 24.3 Å². The Morgan fingerprint density at radius 2 is 1.95 bits per heavy atom. The molecule has 0 aliphatic rings. The molecule has 0 fully saturated rings. The third-order valence-electron chi connectivity index (χ3n) is 3.20. The van der Waals surface area contributed by atoms with E-state index in [1.807, 2.05) is 70.3 Å². The zero-order valence-corrected chi connectivity index (χ0v) is 11.2. The lowest BCUT2D eigenvalue weighted by molar-refractivity contribution is 0.100. The molecule has 0 N–H and O–H groups in total. The van der Waals surface area contributed by atoms with Crippen molar-refractivity contribution in [2.45, 2.75) is 13.5 Å². The maximum atomic E-state index is 11.5. The van der Waals surface area contributed by atoms with Gasteiger partial charge in [0.05, 0.1) is 24.1 Å². The molecule has 4 nitrogen and oxygen atoms in total. The van der Waals surface area contributed by atoms with Crippen LogP contribution in [0.15, 0.2) is 61.1 Å². The smallest absolute Gasteiger partial charge is 0.176 e. The van der Waals surface area contributed by atoms with Crippen LogP contribution in [0.25, 0.3) is 5.69 Å². The molecule has 4 heteroatoms. The van der Waals surface area contributed by atoms with Gasteiger partial charge in [0.15, 0.2) is 5.78 Å². The molecule has 0 aliphatic carbocycles. The minimum atomic E-state index is 0.0745. The number of aromatic nitrogens is 3. The zero-order chi connectivity index (χ0) is 13.9. The molecule has 20 heavy (non-hydrogen) atoms. The highest BCUT2D eigenvalue weighted by molar-refractivity contribution is 5.92. The highest BCUT2D eigenvalue weighted by atomic mass is 16.1. The van der Waals surface area contributed by atoms with Crippen molar-refractivity contribution in [3.05, 3.63) is 72.3 Å². The number of para-hydroxylation sites is 1. The van der Waals surface area contributed by atoms with Gasteiger partial charge in [-0.25, -0.2) is 4.68 Å². The summed E-state index contributed by atoms with van der Waals surface area (Å²) in [5.41, 5.74) is 2.81. The Hall–Kier alpha value is -2.62. The summed E-state index contributed by atoms with van der Waals surface area (Å²) >= 11 is 0. The van der Waals surface area contributed by atoms with Gasteiger partial charge in [0.1, 0.15) is 0 Å². The maximum absolute atomic E-state index is 11.5. The molecule has 0 aliphatic heterocycles. The van der Waals surface area contributed by atoms with E-state index in [2.05, 4.69) is 5.10 Å². The molecule has 0 saturated heterocycles. The number of rotatable bonds is 4. The predicted octanol–water partition coefficient (Wildman–Crippen LogP) is 2.92. The quantitative estimate of drug-likeness (QED) is 0.680. The second-order valence-electron chi connectivity index (χ2n) is 4.71. The van der Waals surface area contributed by atoms with E-state index in [-0.39, 0.29) is 5.78 Å². The van der Waals surface area contributed by atoms with Gasteiger partial charge in [-0.15, -0.1) is 0 Å². The molecule has 2 heterocycles. The minimum Gasteiger partial charge on any atom is -0.341 e. The first-order valence-corrected chi connectivity index (χ1v) is 6.49. The number of carbonyl (C=O) groups excluding carboxylic acids is 1. The maximum Gasteiger partial charge on any atom is 0.176 e. The van der Waals surface area contributed by atoms with E-state index in [0.717, 1.165) is 16.9 Å². The summed E-state index contributed by atoms with van der Waals surface area (Å²) in [5, 5.41) is 4.36. The second-order valence-corrected chi connectivity index (χ2v) is 4.71. The van der Waals surface area contributed by atoms with Crippen LogP contribution in [-0.4, -0.2) is 20.1 Å². The second kappa shape index (κ2) is 5.17. The van der Waals surface area contributed by atoms with Crippen molar-refractivity contribution >= 4 is 5.78 Å². The molecule has 0 unspecified atom stereocenters. The van der Waals surface area contributed by atoms with Crippen molar-refractivity contribution in [1.29, 1.82) is 0 Å². The van der Waals surface area contributed by atoms with Crippen LogP contribution in [0, 0.1) is 0 Å². The van der Waals surface area contributed by atoms with E-state index in [0.29, 0.717) is 6.54 Å². The third kappa shape index (κ3) is 2.40. The number of hydrogen-bond donors (Lipinski definition) is 0. The first-order valence-electron chi connectivity index (χ1n) is 6.49. The lowest BCUT2D eigenvalue weighted by Gasteiger charge is -2.04. The lowest BCUT2D eigenvalue weighted by Crippen LogP contribution is -2.06. The van der Waals surface area contributed by atoms with Gasteiger partial charge in [-0.1, -0.05) is 18.2 Å². The first-order chi connectivity index (χ1) is 9.74. The predicted molar refractivity (Wildman–Crippen MR) is 77.1 cm³/mol. The number of Topliss-reactive ketones (excluding diaryl/α,β-unsaturated/α-hetero) is 1. The van der Waals surface area contributed by atoms with Crippen LogP contribution in [0.4, 0.5) is 0 Å². The molecular formula is C16H15N3O. The summed E-state index contributed by atoms with van der Waals surface area (Å²) in [6.45, 7) is 2.23. The number of carbonyl (C=O) groups is 1. The Morgan fingerprint density at radius 1 is 1.15 bits per heavy atom. The number of ketones is 1. The molecule has 0 atom stereocenters. The highest BCUT2D eigenvalue weighted by Gasteiger charge is 2.07. The molecule has 2 aromatic heterocycles. The minimum absolute atomic E-state index is 0.0745. The molecule has 100 valence electrons. The summed E-state index contributed by atoms with van der Waals surface area (Å²) < 4.78 is 3.78. The molecule has 1 aromatic carbocycles. The Labute approximate surface area is 117 Å². The van der Waals surface area contributed by atoms with E-state index >= 15 is 0 Å². The number of nitrogens with zero attached hydrogens (tertiary/aromatic N) is 3. The van der Waals surface area contributed by atoms with E-state index in [1.54, 1.807) is 6.92 Å². The van der Waals surface area contributed by atoms with Gasteiger partial charge in [0.25, 0.3) is 0 Å². The topological polar surface area (TPSA) is 39.8 Å². The molecule has 0 spiro atoms. The van der Waals surface area contributed by atoms with E-state index in [1.165, 1.54) is 0 Å². The van der Waals surface area contributed by atoms with Crippen molar-refractivity contribution < 1.29 is 4.79 Å². The molecule has 3 rings (SSSR count). The fraction of sp³-hybridized carbons (Fsp3) is 0.125. The molecule has 0 saturated carbocycles. The van der Waals surface area contributed by atoms with Crippen molar-refractivity contribution in [2.24, 2.45) is 0 Å². The Kier molecular flexibility index (Phi) is 3.21. The van der Waals surface area contributed by atoms with Gasteiger partial charge in [0, 0.05) is 24.9 Å². The van der Waals surface area contributed by atoms with Crippen molar-refractivity contribution in [2.75, 3.05) is 0 Å². The normalized spacial score (nSPS) is 10.7. The molecular weight excluding hydrogens is 250 g/mol. The van der Waals surface area contributed by atoms with Crippen molar-refractivity contribution in [3.63, 3.8) is 0 Å². The fourth-order valence-corrected chi connectivity index (χ4v) is 2.23. The summed E-state index contributed by atoms with van der Waals surface area (Å²) in [6.07, 6.45) is 5.73. The molecule has 3 aromatic rings. The van der Waals surface area contributed by atoms with Gasteiger partial charge >= 0.3 is 0 Å². The largest absolute Gasteiger partial charge is 0.341 e. The Bertz CT molecular complexity index is 725.